The van der Waals surface area contributed by atoms with Crippen LogP contribution in [0.4, 0.5) is 5.69 Å². The van der Waals surface area contributed by atoms with E-state index in [1.165, 1.54) is 11.8 Å². The predicted octanol–water partition coefficient (Wildman–Crippen LogP) is 6.74. The fourth-order valence-electron chi connectivity index (χ4n) is 4.30. The molecule has 0 aliphatic carbocycles. The second-order valence-corrected chi connectivity index (χ2v) is 10.1. The Hall–Kier alpha value is -4.54. The average Bonchev–Trinajstić information content (AvgIpc) is 3.41. The largest absolute Gasteiger partial charge is 0.489 e. The zero-order valence-corrected chi connectivity index (χ0v) is 22.2. The number of benzene rings is 3. The molecule has 0 saturated carbocycles. The second kappa shape index (κ2) is 10.8. The van der Waals surface area contributed by atoms with Crippen molar-refractivity contribution in [3.05, 3.63) is 117 Å². The molecule has 1 N–H and O–H groups in total. The van der Waals surface area contributed by atoms with Crippen LogP contribution in [0.3, 0.4) is 0 Å². The normalized spacial score (nSPS) is 15.1. The number of amidine groups is 1. The number of nitrogens with zero attached hydrogens (tertiary/aromatic N) is 3. The van der Waals surface area contributed by atoms with Gasteiger partial charge in [-0.25, -0.2) is 4.99 Å². The summed E-state index contributed by atoms with van der Waals surface area (Å²) < 4.78 is 8.07. The van der Waals surface area contributed by atoms with Gasteiger partial charge in [0.2, 0.25) is 0 Å². The number of carbonyl (C=O) groups excluding carboxylic acids is 1. The van der Waals surface area contributed by atoms with E-state index in [4.69, 9.17) is 4.74 Å². The minimum absolute atomic E-state index is 0.148. The number of nitriles is 1. The summed E-state index contributed by atoms with van der Waals surface area (Å²) in [5, 5.41) is 12.7. The number of aryl methyl sites for hydroxylation is 2. The van der Waals surface area contributed by atoms with E-state index in [1.807, 2.05) is 93.6 Å². The summed E-state index contributed by atoms with van der Waals surface area (Å²) in [5.41, 5.74) is 7.51. The number of carbonyl (C=O) groups is 1. The summed E-state index contributed by atoms with van der Waals surface area (Å²) in [6.45, 7) is 6.45. The lowest BCUT2D eigenvalue weighted by atomic mass is 10.1. The van der Waals surface area contributed by atoms with Gasteiger partial charge < -0.3 is 14.6 Å². The zero-order chi connectivity index (χ0) is 26.6. The zero-order valence-electron chi connectivity index (χ0n) is 21.4. The van der Waals surface area contributed by atoms with E-state index < -0.39 is 0 Å². The third kappa shape index (κ3) is 5.41. The minimum Gasteiger partial charge on any atom is -0.489 e. The van der Waals surface area contributed by atoms with Crippen LogP contribution in [0.1, 0.15) is 33.6 Å². The molecule has 4 aromatic rings. The maximum Gasteiger partial charge on any atom is 0.264 e. The summed E-state index contributed by atoms with van der Waals surface area (Å²) >= 11 is 1.34. The van der Waals surface area contributed by atoms with Gasteiger partial charge in [0.25, 0.3) is 5.91 Å². The molecule has 38 heavy (non-hydrogen) atoms. The molecular formula is C31H26N4O2S. The molecule has 1 saturated heterocycles. The topological polar surface area (TPSA) is 79.4 Å². The first-order valence-electron chi connectivity index (χ1n) is 12.2. The van der Waals surface area contributed by atoms with Crippen molar-refractivity contribution in [2.24, 2.45) is 4.99 Å². The molecule has 7 heteroatoms. The van der Waals surface area contributed by atoms with Crippen LogP contribution in [0.5, 0.6) is 5.75 Å². The highest BCUT2D eigenvalue weighted by Gasteiger charge is 2.24. The van der Waals surface area contributed by atoms with E-state index in [2.05, 4.69) is 27.0 Å². The highest BCUT2D eigenvalue weighted by Crippen LogP contribution is 2.31. The van der Waals surface area contributed by atoms with Gasteiger partial charge in [-0.05, 0) is 92.7 Å². The highest BCUT2D eigenvalue weighted by atomic mass is 32.2. The van der Waals surface area contributed by atoms with Gasteiger partial charge in [-0.3, -0.25) is 4.79 Å². The van der Waals surface area contributed by atoms with Gasteiger partial charge in [0, 0.05) is 22.6 Å². The van der Waals surface area contributed by atoms with Crippen molar-refractivity contribution in [3.63, 3.8) is 0 Å². The molecule has 0 radical (unpaired) electrons. The van der Waals surface area contributed by atoms with Gasteiger partial charge in [0.1, 0.15) is 12.4 Å². The Kier molecular flexibility index (Phi) is 7.16. The predicted molar refractivity (Wildman–Crippen MR) is 153 cm³/mol. The summed E-state index contributed by atoms with van der Waals surface area (Å²) in [6, 6.07) is 27.4. The van der Waals surface area contributed by atoms with Crippen LogP contribution < -0.4 is 10.1 Å². The first-order chi connectivity index (χ1) is 18.4. The van der Waals surface area contributed by atoms with Crippen LogP contribution in [0.15, 0.2) is 88.8 Å². The van der Waals surface area contributed by atoms with E-state index >= 15 is 0 Å². The average molecular weight is 519 g/mol. The van der Waals surface area contributed by atoms with Gasteiger partial charge >= 0.3 is 0 Å². The van der Waals surface area contributed by atoms with Gasteiger partial charge in [-0.15, -0.1) is 0 Å². The SMILES string of the molecule is Cc1ccc(N=C2NC(=O)/C(=C\c3cc(C)n(-c4ccc(OCc5ccccc5C#N)cc4)c3C)S2)cc1. The van der Waals surface area contributed by atoms with E-state index in [1.54, 1.807) is 6.07 Å². The number of amides is 1. The van der Waals surface area contributed by atoms with Crippen molar-refractivity contribution in [2.45, 2.75) is 27.4 Å². The third-order valence-corrected chi connectivity index (χ3v) is 7.21. The molecule has 1 fully saturated rings. The van der Waals surface area contributed by atoms with Crippen LogP contribution in [0.2, 0.25) is 0 Å². The Morgan fingerprint density at radius 3 is 2.50 bits per heavy atom. The van der Waals surface area contributed by atoms with Crippen LogP contribution in [-0.4, -0.2) is 15.6 Å². The number of hydrogen-bond donors (Lipinski definition) is 1. The Morgan fingerprint density at radius 1 is 1.03 bits per heavy atom. The Balaban J connectivity index is 1.32. The van der Waals surface area contributed by atoms with Crippen LogP contribution in [0.25, 0.3) is 11.8 Å². The second-order valence-electron chi connectivity index (χ2n) is 9.03. The number of hydrogen-bond acceptors (Lipinski definition) is 5. The van der Waals surface area contributed by atoms with Crippen molar-refractivity contribution < 1.29 is 9.53 Å². The van der Waals surface area contributed by atoms with Crippen LogP contribution >= 0.6 is 11.8 Å². The summed E-state index contributed by atoms with van der Waals surface area (Å²) in [5.74, 6) is 0.579. The number of thioether (sulfide) groups is 1. The first kappa shape index (κ1) is 25.1. The van der Waals surface area contributed by atoms with Gasteiger partial charge in [-0.1, -0.05) is 35.9 Å². The Bertz CT molecular complexity index is 1610. The molecule has 1 aromatic heterocycles. The molecule has 6 nitrogen and oxygen atoms in total. The standard InChI is InChI=1S/C31H26N4O2S/c1-20-8-10-26(11-9-20)33-31-34-30(36)29(38-31)17-25-16-21(2)35(22(25)3)27-12-14-28(15-13-27)37-19-24-7-5-4-6-23(24)18-32/h4-17H,19H2,1-3H3,(H,33,34,36)/b29-17+. The fraction of sp³-hybridized carbons (Fsp3) is 0.129. The third-order valence-electron chi connectivity index (χ3n) is 6.30. The van der Waals surface area contributed by atoms with Crippen molar-refractivity contribution in [1.82, 2.24) is 9.88 Å². The van der Waals surface area contributed by atoms with Gasteiger partial charge in [-0.2, -0.15) is 5.26 Å². The lowest BCUT2D eigenvalue weighted by molar-refractivity contribution is -0.115. The molecule has 5 rings (SSSR count). The van der Waals surface area contributed by atoms with Crippen molar-refractivity contribution in [2.75, 3.05) is 0 Å². The molecule has 1 aliphatic heterocycles. The Labute approximate surface area is 226 Å². The Morgan fingerprint density at radius 2 is 1.76 bits per heavy atom. The minimum atomic E-state index is -0.148. The van der Waals surface area contributed by atoms with Gasteiger partial charge in [0.15, 0.2) is 5.17 Å². The maximum atomic E-state index is 12.6. The molecule has 3 aromatic carbocycles. The monoisotopic (exact) mass is 518 g/mol. The number of ether oxygens (including phenoxy) is 1. The van der Waals surface area contributed by atoms with Crippen LogP contribution in [-0.2, 0) is 11.4 Å². The summed E-state index contributed by atoms with van der Waals surface area (Å²) in [7, 11) is 0. The number of nitrogens with one attached hydrogen (secondary N) is 1. The van der Waals surface area contributed by atoms with E-state index in [9.17, 15) is 10.1 Å². The van der Waals surface area contributed by atoms with Gasteiger partial charge in [0.05, 0.1) is 22.2 Å². The van der Waals surface area contributed by atoms with Crippen molar-refractivity contribution in [3.8, 4) is 17.5 Å². The summed E-state index contributed by atoms with van der Waals surface area (Å²) in [6.07, 6.45) is 1.92. The molecule has 1 aliphatic rings. The van der Waals surface area contributed by atoms with Crippen molar-refractivity contribution in [1.29, 1.82) is 5.26 Å². The molecule has 0 unspecified atom stereocenters. The lowest BCUT2D eigenvalue weighted by Crippen LogP contribution is -2.19. The van der Waals surface area contributed by atoms with E-state index in [-0.39, 0.29) is 5.91 Å². The number of rotatable bonds is 6. The maximum absolute atomic E-state index is 12.6. The lowest BCUT2D eigenvalue weighted by Gasteiger charge is -2.12. The molecule has 1 amide bonds. The molecule has 2 heterocycles. The first-order valence-corrected chi connectivity index (χ1v) is 13.0. The fourth-order valence-corrected chi connectivity index (χ4v) is 5.13. The summed E-state index contributed by atoms with van der Waals surface area (Å²) in [4.78, 5) is 17.8. The quantitative estimate of drug-likeness (QED) is 0.287. The molecule has 0 atom stereocenters. The highest BCUT2D eigenvalue weighted by molar-refractivity contribution is 8.18. The van der Waals surface area contributed by atoms with Crippen molar-refractivity contribution >= 4 is 34.6 Å². The molecular weight excluding hydrogens is 492 g/mol. The van der Waals surface area contributed by atoms with E-state index in [0.29, 0.717) is 22.2 Å². The smallest absolute Gasteiger partial charge is 0.264 e. The van der Waals surface area contributed by atoms with E-state index in [0.717, 1.165) is 45.2 Å². The molecule has 0 spiro atoms. The number of aliphatic imine (C=N–C) groups is 1. The molecule has 0 bridgehead atoms. The molecule has 188 valence electrons. The number of aromatic nitrogens is 1. The van der Waals surface area contributed by atoms with Crippen LogP contribution in [0, 0.1) is 32.1 Å².